The average Bonchev–Trinajstić information content (AvgIpc) is 2.15. The molecule has 0 aliphatic rings. The van der Waals surface area contributed by atoms with Crippen molar-refractivity contribution in [1.82, 2.24) is 0 Å². The molecule has 0 atom stereocenters. The van der Waals surface area contributed by atoms with Gasteiger partial charge in [-0.15, -0.1) is 0 Å². The highest BCUT2D eigenvalue weighted by Crippen LogP contribution is 2.23. The van der Waals surface area contributed by atoms with E-state index in [1.807, 2.05) is 0 Å². The number of aliphatic hydroxyl groups excluding tert-OH is 1. The van der Waals surface area contributed by atoms with Crippen molar-refractivity contribution in [3.63, 3.8) is 0 Å². The van der Waals surface area contributed by atoms with Crippen LogP contribution in [0.25, 0.3) is 0 Å². The van der Waals surface area contributed by atoms with Crippen molar-refractivity contribution < 1.29 is 13.9 Å². The normalized spacial score (nSPS) is 10.4. The fourth-order valence-corrected chi connectivity index (χ4v) is 1.56. The summed E-state index contributed by atoms with van der Waals surface area (Å²) in [5, 5.41) is 11.2. The summed E-state index contributed by atoms with van der Waals surface area (Å²) in [5.74, 6) is -1.24. The molecule has 1 aromatic rings. The lowest BCUT2D eigenvalue weighted by Crippen LogP contribution is -2.06. The monoisotopic (exact) mass is 279 g/mol. The molecule has 2 N–H and O–H groups in total. The van der Waals surface area contributed by atoms with Crippen LogP contribution in [0.15, 0.2) is 16.6 Å². The van der Waals surface area contributed by atoms with E-state index in [1.165, 1.54) is 12.1 Å². The van der Waals surface area contributed by atoms with Gasteiger partial charge >= 0.3 is 0 Å². The first-order valence-corrected chi connectivity index (χ1v) is 5.43. The molecule has 1 rings (SSSR count). The van der Waals surface area contributed by atoms with Gasteiger partial charge in [-0.1, -0.05) is 15.9 Å². The Hall–Kier alpha value is -0.680. The molecule has 2 nitrogen and oxygen atoms in total. The maximum atomic E-state index is 13.2. The third-order valence-corrected chi connectivity index (χ3v) is 2.35. The Morgan fingerprint density at radius 1 is 1.20 bits per heavy atom. The van der Waals surface area contributed by atoms with Gasteiger partial charge in [0, 0.05) is 17.6 Å². The van der Waals surface area contributed by atoms with Crippen LogP contribution in [0.3, 0.4) is 0 Å². The fourth-order valence-electron chi connectivity index (χ4n) is 1.16. The molecular formula is C10H12BrF2NO. The summed E-state index contributed by atoms with van der Waals surface area (Å²) in [6.07, 6.45) is 1.29. The Bertz CT molecular complexity index is 310. The predicted molar refractivity (Wildman–Crippen MR) is 58.9 cm³/mol. The minimum Gasteiger partial charge on any atom is -0.396 e. The van der Waals surface area contributed by atoms with Gasteiger partial charge in [-0.25, -0.2) is 8.78 Å². The zero-order valence-electron chi connectivity index (χ0n) is 8.06. The van der Waals surface area contributed by atoms with Crippen molar-refractivity contribution in [2.45, 2.75) is 12.8 Å². The van der Waals surface area contributed by atoms with E-state index >= 15 is 0 Å². The lowest BCUT2D eigenvalue weighted by Gasteiger charge is -2.08. The Kier molecular flexibility index (Phi) is 4.98. The molecule has 0 heterocycles. The minimum absolute atomic E-state index is 0.0903. The second-order valence-corrected chi connectivity index (χ2v) is 4.02. The molecule has 84 valence electrons. The smallest absolute Gasteiger partial charge is 0.150 e. The van der Waals surface area contributed by atoms with Gasteiger partial charge in [0.05, 0.1) is 0 Å². The molecular weight excluding hydrogens is 268 g/mol. The second-order valence-electron chi connectivity index (χ2n) is 3.10. The molecule has 0 radical (unpaired) electrons. The number of rotatable bonds is 5. The third kappa shape index (κ3) is 3.76. The number of nitrogens with one attached hydrogen (secondary N) is 1. The molecule has 0 aliphatic heterocycles. The van der Waals surface area contributed by atoms with E-state index in [0.717, 1.165) is 0 Å². The van der Waals surface area contributed by atoms with Crippen LogP contribution in [0, 0.1) is 11.6 Å². The number of benzene rings is 1. The summed E-state index contributed by atoms with van der Waals surface area (Å²) in [5.41, 5.74) is -0.115. The largest absolute Gasteiger partial charge is 0.396 e. The van der Waals surface area contributed by atoms with E-state index in [9.17, 15) is 8.78 Å². The molecule has 0 aliphatic carbocycles. The molecule has 0 unspecified atom stereocenters. The summed E-state index contributed by atoms with van der Waals surface area (Å²) in [6, 6.07) is 2.41. The van der Waals surface area contributed by atoms with Crippen LogP contribution in [0.2, 0.25) is 0 Å². The first-order valence-electron chi connectivity index (χ1n) is 4.64. The van der Waals surface area contributed by atoms with Gasteiger partial charge in [-0.05, 0) is 25.0 Å². The summed E-state index contributed by atoms with van der Waals surface area (Å²) >= 11 is 3.00. The maximum absolute atomic E-state index is 13.2. The summed E-state index contributed by atoms with van der Waals surface area (Å²) < 4.78 is 26.9. The van der Waals surface area contributed by atoms with Crippen molar-refractivity contribution in [3.8, 4) is 0 Å². The molecule has 0 aromatic heterocycles. The molecule has 0 saturated heterocycles. The Morgan fingerprint density at radius 3 is 2.33 bits per heavy atom. The van der Waals surface area contributed by atoms with Crippen molar-refractivity contribution in [2.75, 3.05) is 18.5 Å². The van der Waals surface area contributed by atoms with E-state index in [2.05, 4.69) is 21.2 Å². The Morgan fingerprint density at radius 2 is 1.80 bits per heavy atom. The Balaban J connectivity index is 2.60. The quantitative estimate of drug-likeness (QED) is 0.813. The number of unbranched alkanes of at least 4 members (excludes halogenated alkanes) is 1. The van der Waals surface area contributed by atoms with E-state index in [4.69, 9.17) is 5.11 Å². The summed E-state index contributed by atoms with van der Waals surface area (Å²) in [7, 11) is 0. The first-order chi connectivity index (χ1) is 7.15. The number of hydrogen-bond donors (Lipinski definition) is 2. The highest BCUT2D eigenvalue weighted by molar-refractivity contribution is 9.10. The summed E-state index contributed by atoms with van der Waals surface area (Å²) in [6.45, 7) is 0.531. The SMILES string of the molecule is OCCCCNc1c(F)cc(Br)cc1F. The zero-order chi connectivity index (χ0) is 11.3. The molecule has 1 aromatic carbocycles. The van der Waals surface area contributed by atoms with Gasteiger partial charge in [0.1, 0.15) is 17.3 Å². The zero-order valence-corrected chi connectivity index (χ0v) is 9.65. The van der Waals surface area contributed by atoms with Crippen molar-refractivity contribution in [1.29, 1.82) is 0 Å². The first kappa shape index (κ1) is 12.4. The van der Waals surface area contributed by atoms with E-state index in [-0.39, 0.29) is 12.3 Å². The summed E-state index contributed by atoms with van der Waals surface area (Å²) in [4.78, 5) is 0. The van der Waals surface area contributed by atoms with Crippen LogP contribution in [-0.4, -0.2) is 18.3 Å². The van der Waals surface area contributed by atoms with E-state index < -0.39 is 11.6 Å². The number of hydrogen-bond acceptors (Lipinski definition) is 2. The number of aliphatic hydroxyl groups is 1. The number of anilines is 1. The fraction of sp³-hybridized carbons (Fsp3) is 0.400. The van der Waals surface area contributed by atoms with Crippen molar-refractivity contribution >= 4 is 21.6 Å². The van der Waals surface area contributed by atoms with Gasteiger partial charge in [0.25, 0.3) is 0 Å². The standard InChI is InChI=1S/C10H12BrF2NO/c11-7-5-8(12)10(9(13)6-7)14-3-1-2-4-15/h5-6,14-15H,1-4H2. The van der Waals surface area contributed by atoms with Crippen LogP contribution in [0.4, 0.5) is 14.5 Å². The molecule has 0 fully saturated rings. The van der Waals surface area contributed by atoms with E-state index in [1.54, 1.807) is 0 Å². The average molecular weight is 280 g/mol. The number of halogens is 3. The van der Waals surface area contributed by atoms with E-state index in [0.29, 0.717) is 23.9 Å². The molecule has 15 heavy (non-hydrogen) atoms. The van der Waals surface area contributed by atoms with Crippen LogP contribution in [0.1, 0.15) is 12.8 Å². The lowest BCUT2D eigenvalue weighted by molar-refractivity contribution is 0.286. The molecule has 0 saturated carbocycles. The van der Waals surface area contributed by atoms with Gasteiger partial charge in [-0.2, -0.15) is 0 Å². The van der Waals surface area contributed by atoms with Crippen LogP contribution >= 0.6 is 15.9 Å². The van der Waals surface area contributed by atoms with Gasteiger partial charge in [0.15, 0.2) is 0 Å². The van der Waals surface area contributed by atoms with Gasteiger partial charge in [0.2, 0.25) is 0 Å². The van der Waals surface area contributed by atoms with Crippen molar-refractivity contribution in [2.24, 2.45) is 0 Å². The lowest BCUT2D eigenvalue weighted by atomic mass is 10.2. The maximum Gasteiger partial charge on any atom is 0.150 e. The topological polar surface area (TPSA) is 32.3 Å². The molecule has 0 amide bonds. The van der Waals surface area contributed by atoms with Crippen LogP contribution in [0.5, 0.6) is 0 Å². The Labute approximate surface area is 95.4 Å². The van der Waals surface area contributed by atoms with Gasteiger partial charge in [-0.3, -0.25) is 0 Å². The van der Waals surface area contributed by atoms with Crippen LogP contribution in [-0.2, 0) is 0 Å². The molecule has 0 bridgehead atoms. The predicted octanol–water partition coefficient (Wildman–Crippen LogP) is 2.91. The highest BCUT2D eigenvalue weighted by Gasteiger charge is 2.09. The molecule has 5 heteroatoms. The van der Waals surface area contributed by atoms with Crippen LogP contribution < -0.4 is 5.32 Å². The minimum atomic E-state index is -0.620. The van der Waals surface area contributed by atoms with Gasteiger partial charge < -0.3 is 10.4 Å². The highest BCUT2D eigenvalue weighted by atomic mass is 79.9. The molecule has 0 spiro atoms. The van der Waals surface area contributed by atoms with Crippen molar-refractivity contribution in [3.05, 3.63) is 28.2 Å². The second kappa shape index (κ2) is 6.02. The third-order valence-electron chi connectivity index (χ3n) is 1.89.